The molecule has 4 rings (SSSR count). The quantitative estimate of drug-likeness (QED) is 0.0179. The highest BCUT2D eigenvalue weighted by atomic mass is 16.6. The fourth-order valence-electron chi connectivity index (χ4n) is 10.9. The van der Waals surface area contributed by atoms with Gasteiger partial charge in [-0.25, -0.2) is 28.8 Å². The summed E-state index contributed by atoms with van der Waals surface area (Å²) in [5, 5.41) is 2.57. The first kappa shape index (κ1) is 71.0. The monoisotopic (exact) mass is 1160 g/mol. The van der Waals surface area contributed by atoms with Crippen LogP contribution in [0.15, 0.2) is 36.4 Å². The summed E-state index contributed by atoms with van der Waals surface area (Å²) in [5.74, 6) is -4.24. The Morgan fingerprint density at radius 2 is 0.321 bits per heavy atom. The van der Waals surface area contributed by atoms with Crippen molar-refractivity contribution in [3.8, 4) is 0 Å². The first-order valence-electron chi connectivity index (χ1n) is 33.6. The summed E-state index contributed by atoms with van der Waals surface area (Å²) in [7, 11) is 0. The molecule has 0 amide bonds. The summed E-state index contributed by atoms with van der Waals surface area (Å²) < 4.78 is 35.8. The van der Waals surface area contributed by atoms with Crippen LogP contribution in [-0.2, 0) is 28.4 Å². The van der Waals surface area contributed by atoms with E-state index < -0.39 is 35.8 Å². The largest absolute Gasteiger partial charge is 0.462 e. The third kappa shape index (κ3) is 24.8. The van der Waals surface area contributed by atoms with Crippen LogP contribution in [-0.4, -0.2) is 75.5 Å². The molecule has 12 nitrogen and oxygen atoms in total. The van der Waals surface area contributed by atoms with Crippen LogP contribution in [0, 0.1) is 0 Å². The van der Waals surface area contributed by atoms with E-state index in [4.69, 9.17) is 28.4 Å². The van der Waals surface area contributed by atoms with Gasteiger partial charge in [-0.1, -0.05) is 234 Å². The maximum Gasteiger partial charge on any atom is 0.339 e. The Labute approximate surface area is 505 Å². The Bertz CT molecular complexity index is 2110. The van der Waals surface area contributed by atoms with Crippen molar-refractivity contribution in [2.75, 3.05) is 39.6 Å². The van der Waals surface area contributed by atoms with Gasteiger partial charge in [-0.2, -0.15) is 0 Å². The number of hydrogen-bond acceptors (Lipinski definition) is 12. The second kappa shape index (κ2) is 43.2. The number of carbonyl (C=O) groups excluding carboxylic acids is 6. The van der Waals surface area contributed by atoms with E-state index in [0.717, 1.165) is 193 Å². The molecule has 0 heterocycles. The molecule has 4 aromatic carbocycles. The number of ether oxygens (including phenoxy) is 6. The van der Waals surface area contributed by atoms with Gasteiger partial charge in [0.2, 0.25) is 0 Å². The Morgan fingerprint density at radius 3 is 0.452 bits per heavy atom. The van der Waals surface area contributed by atoms with Gasteiger partial charge in [0.1, 0.15) is 0 Å². The number of esters is 6. The number of fused-ring (bicyclic) bond motifs is 6. The average molecular weight is 1170 g/mol. The highest BCUT2D eigenvalue weighted by molar-refractivity contribution is 6.30. The lowest BCUT2D eigenvalue weighted by Gasteiger charge is -2.19. The molecule has 84 heavy (non-hydrogen) atoms. The van der Waals surface area contributed by atoms with Crippen molar-refractivity contribution in [2.24, 2.45) is 0 Å². The molecule has 12 heteroatoms. The van der Waals surface area contributed by atoms with Crippen molar-refractivity contribution < 1.29 is 57.2 Å². The van der Waals surface area contributed by atoms with Crippen LogP contribution in [0.2, 0.25) is 0 Å². The van der Waals surface area contributed by atoms with Gasteiger partial charge in [-0.15, -0.1) is 0 Å². The topological polar surface area (TPSA) is 158 Å². The second-order valence-corrected chi connectivity index (χ2v) is 23.3. The molecule has 0 unspecified atom stereocenters. The van der Waals surface area contributed by atoms with Gasteiger partial charge in [0, 0.05) is 0 Å². The minimum atomic E-state index is -0.707. The number of hydrogen-bond donors (Lipinski definition) is 0. The molecule has 0 spiro atoms. The normalized spacial score (nSPS) is 11.4. The van der Waals surface area contributed by atoms with E-state index in [-0.39, 0.29) is 73.0 Å². The van der Waals surface area contributed by atoms with Crippen molar-refractivity contribution in [3.05, 3.63) is 69.8 Å². The molecule has 0 bridgehead atoms. The Kier molecular flexibility index (Phi) is 36.5. The van der Waals surface area contributed by atoms with E-state index in [0.29, 0.717) is 70.8 Å². The van der Waals surface area contributed by atoms with E-state index in [9.17, 15) is 28.8 Å². The predicted molar refractivity (Wildman–Crippen MR) is 341 cm³/mol. The van der Waals surface area contributed by atoms with E-state index in [1.165, 1.54) is 0 Å². The molecule has 4 aromatic rings. The summed E-state index contributed by atoms with van der Waals surface area (Å²) in [6.45, 7) is 13.9. The smallest absolute Gasteiger partial charge is 0.339 e. The molecular weight excluding hydrogens is 1060 g/mol. The van der Waals surface area contributed by atoms with Crippen LogP contribution in [0.25, 0.3) is 32.3 Å². The van der Waals surface area contributed by atoms with Gasteiger partial charge in [0.25, 0.3) is 0 Å². The lowest BCUT2D eigenvalue weighted by molar-refractivity contribution is 0.0450. The minimum Gasteiger partial charge on any atom is -0.462 e. The van der Waals surface area contributed by atoms with E-state index in [1.54, 1.807) is 36.4 Å². The van der Waals surface area contributed by atoms with Crippen LogP contribution < -0.4 is 0 Å². The molecule has 0 aromatic heterocycles. The van der Waals surface area contributed by atoms with Gasteiger partial charge < -0.3 is 28.4 Å². The van der Waals surface area contributed by atoms with Crippen molar-refractivity contribution in [1.29, 1.82) is 0 Å². The fourth-order valence-corrected chi connectivity index (χ4v) is 10.9. The first-order chi connectivity index (χ1) is 41.1. The van der Waals surface area contributed by atoms with Crippen LogP contribution in [0.3, 0.4) is 0 Å². The highest BCUT2D eigenvalue weighted by Crippen LogP contribution is 2.41. The standard InChI is InChI=1S/C72H108O12/c1-7-13-19-25-31-37-43-79-67(73)61-49-55-56(50-62(61)68(74)80-44-38-32-26-20-14-8-2)58-52-64(70(76)82-46-40-34-28-22-16-10-4)66(72(78)84-48-42-36-30-24-18-12-6)54-60(58)59-53-65(71(77)83-47-41-35-29-23-17-11-5)63(51-57(55)59)69(75)81-45-39-33-27-21-15-9-3/h49-54H,7-48H2,1-6H3. The summed E-state index contributed by atoms with van der Waals surface area (Å²) in [4.78, 5) is 87.2. The Morgan fingerprint density at radius 1 is 0.202 bits per heavy atom. The summed E-state index contributed by atoms with van der Waals surface area (Å²) in [6.07, 6.45) is 35.4. The number of carbonyl (C=O) groups is 6. The van der Waals surface area contributed by atoms with Crippen LogP contribution in [0.5, 0.6) is 0 Å². The van der Waals surface area contributed by atoms with Crippen molar-refractivity contribution >= 4 is 68.1 Å². The molecule has 468 valence electrons. The summed E-state index contributed by atoms with van der Waals surface area (Å²) in [5.41, 5.74) is -0.138. The zero-order valence-corrected chi connectivity index (χ0v) is 53.1. The molecule has 0 aliphatic rings. The van der Waals surface area contributed by atoms with Gasteiger partial charge >= 0.3 is 35.8 Å². The van der Waals surface area contributed by atoms with Crippen molar-refractivity contribution in [2.45, 2.75) is 273 Å². The molecule has 0 saturated carbocycles. The van der Waals surface area contributed by atoms with Crippen LogP contribution in [0.1, 0.15) is 335 Å². The Balaban J connectivity index is 2.04. The van der Waals surface area contributed by atoms with E-state index in [2.05, 4.69) is 41.5 Å². The fraction of sp³-hybridized carbons (Fsp3) is 0.667. The molecular formula is C72H108O12. The second-order valence-electron chi connectivity index (χ2n) is 23.3. The molecule has 0 atom stereocenters. The molecule has 0 aliphatic carbocycles. The average Bonchev–Trinajstić information content (AvgIpc) is 0.909. The zero-order valence-electron chi connectivity index (χ0n) is 53.1. The van der Waals surface area contributed by atoms with Gasteiger partial charge in [0.05, 0.1) is 73.0 Å². The number of unbranched alkanes of at least 4 members (excludes halogenated alkanes) is 30. The van der Waals surface area contributed by atoms with Gasteiger partial charge in [-0.3, -0.25) is 0 Å². The molecule has 0 aliphatic heterocycles. The molecule has 0 saturated heterocycles. The number of rotatable bonds is 48. The van der Waals surface area contributed by atoms with Crippen molar-refractivity contribution in [1.82, 2.24) is 0 Å². The van der Waals surface area contributed by atoms with E-state index in [1.807, 2.05) is 0 Å². The summed E-state index contributed by atoms with van der Waals surface area (Å²) >= 11 is 0. The molecule has 0 radical (unpaired) electrons. The highest BCUT2D eigenvalue weighted by Gasteiger charge is 2.29. The third-order valence-electron chi connectivity index (χ3n) is 16.0. The van der Waals surface area contributed by atoms with Crippen LogP contribution >= 0.6 is 0 Å². The minimum absolute atomic E-state index is 0.0230. The maximum atomic E-state index is 14.5. The lowest BCUT2D eigenvalue weighted by atomic mass is 9.87. The van der Waals surface area contributed by atoms with Gasteiger partial charge in [-0.05, 0) is 107 Å². The van der Waals surface area contributed by atoms with E-state index >= 15 is 0 Å². The first-order valence-corrected chi connectivity index (χ1v) is 33.6. The Hall–Kier alpha value is -5.52. The number of benzene rings is 4. The van der Waals surface area contributed by atoms with Gasteiger partial charge in [0.15, 0.2) is 0 Å². The lowest BCUT2D eigenvalue weighted by Crippen LogP contribution is -2.17. The maximum absolute atomic E-state index is 14.5. The van der Waals surface area contributed by atoms with Crippen molar-refractivity contribution in [3.63, 3.8) is 0 Å². The predicted octanol–water partition coefficient (Wildman–Crippen LogP) is 20.2. The summed E-state index contributed by atoms with van der Waals surface area (Å²) in [6, 6.07) is 9.60. The molecule has 0 N–H and O–H groups in total. The molecule has 0 fully saturated rings. The zero-order chi connectivity index (χ0) is 60.6. The van der Waals surface area contributed by atoms with Crippen LogP contribution in [0.4, 0.5) is 0 Å². The SMILES string of the molecule is CCCCCCCCOC(=O)c1cc2c3cc(C(=O)OCCCCCCCC)c(C(=O)OCCCCCCCC)cc3c3cc(C(=O)OCCCCCCCC)c(C(=O)OCCCCCCCC)cc3c2cc1C(=O)OCCCCCCCC. The third-order valence-corrected chi connectivity index (χ3v) is 16.0.